The van der Waals surface area contributed by atoms with E-state index in [0.717, 1.165) is 6.42 Å². The molecule has 0 amide bonds. The fourth-order valence-electron chi connectivity index (χ4n) is 2.91. The van der Waals surface area contributed by atoms with Gasteiger partial charge in [0.1, 0.15) is 5.78 Å². The Morgan fingerprint density at radius 1 is 1.00 bits per heavy atom. The van der Waals surface area contributed by atoms with Gasteiger partial charge in [0, 0.05) is 12.8 Å². The maximum absolute atomic E-state index is 11.8. The van der Waals surface area contributed by atoms with Crippen molar-refractivity contribution in [1.82, 2.24) is 0 Å². The van der Waals surface area contributed by atoms with Gasteiger partial charge in [-0.3, -0.25) is 4.79 Å². The predicted octanol–water partition coefficient (Wildman–Crippen LogP) is 4.23. The highest BCUT2D eigenvalue weighted by Crippen LogP contribution is 2.39. The van der Waals surface area contributed by atoms with Gasteiger partial charge in [0.05, 0.1) is 0 Å². The zero-order valence-electron chi connectivity index (χ0n) is 11.6. The van der Waals surface area contributed by atoms with Crippen LogP contribution in [-0.4, -0.2) is 5.78 Å². The number of carbonyl (C=O) groups is 1. The monoisotopic (exact) mass is 222 g/mol. The smallest absolute Gasteiger partial charge is 0.137 e. The molecule has 0 heterocycles. The molecule has 0 aromatic heterocycles. The van der Waals surface area contributed by atoms with Crippen molar-refractivity contribution in [1.29, 1.82) is 0 Å². The molecule has 0 aromatic carbocycles. The molecule has 1 aliphatic carbocycles. The molecule has 0 N–H and O–H groups in total. The maximum Gasteiger partial charge on any atom is 0.137 e. The highest BCUT2D eigenvalue weighted by atomic mass is 16.1. The molecule has 0 aromatic rings. The first-order valence-corrected chi connectivity index (χ1v) is 6.59. The lowest BCUT2D eigenvalue weighted by molar-refractivity contribution is -0.120. The molecule has 1 atom stereocenters. The summed E-state index contributed by atoms with van der Waals surface area (Å²) in [5.74, 6) is 2.60. The van der Waals surface area contributed by atoms with Gasteiger partial charge >= 0.3 is 0 Å². The zero-order chi connectivity index (χ0) is 12.5. The van der Waals surface area contributed by atoms with Gasteiger partial charge in [-0.15, -0.1) is 0 Å². The minimum atomic E-state index is 0.437. The fraction of sp³-hybridized carbons (Fsp3) is 0.800. The predicted molar refractivity (Wildman–Crippen MR) is 69.3 cm³/mol. The summed E-state index contributed by atoms with van der Waals surface area (Å²) >= 11 is 0. The van der Waals surface area contributed by atoms with Crippen molar-refractivity contribution in [2.24, 2.45) is 23.7 Å². The summed E-state index contributed by atoms with van der Waals surface area (Å²) in [7, 11) is 0. The van der Waals surface area contributed by atoms with E-state index in [-0.39, 0.29) is 0 Å². The number of ketones is 1. The third-order valence-electron chi connectivity index (χ3n) is 3.73. The summed E-state index contributed by atoms with van der Waals surface area (Å²) in [5.41, 5.74) is 2.99. The SMILES string of the molecule is CC(C)C1=C(C(C)C)C(C(C)C)CC(=O)C1. The van der Waals surface area contributed by atoms with E-state index in [2.05, 4.69) is 41.5 Å². The molecule has 0 fully saturated rings. The van der Waals surface area contributed by atoms with Gasteiger partial charge in [-0.05, 0) is 23.7 Å². The van der Waals surface area contributed by atoms with Gasteiger partial charge in [-0.2, -0.15) is 0 Å². The van der Waals surface area contributed by atoms with Crippen molar-refractivity contribution >= 4 is 5.78 Å². The lowest BCUT2D eigenvalue weighted by Gasteiger charge is -2.34. The first kappa shape index (κ1) is 13.5. The maximum atomic E-state index is 11.8. The van der Waals surface area contributed by atoms with E-state index < -0.39 is 0 Å². The topological polar surface area (TPSA) is 17.1 Å². The number of hydrogen-bond acceptors (Lipinski definition) is 1. The van der Waals surface area contributed by atoms with Gasteiger partial charge in [-0.1, -0.05) is 52.7 Å². The number of allylic oxidation sites excluding steroid dienone is 2. The Bertz CT molecular complexity index is 295. The van der Waals surface area contributed by atoms with Gasteiger partial charge in [0.25, 0.3) is 0 Å². The third-order valence-corrected chi connectivity index (χ3v) is 3.73. The van der Waals surface area contributed by atoms with E-state index in [0.29, 0.717) is 35.9 Å². The van der Waals surface area contributed by atoms with Crippen molar-refractivity contribution in [3.8, 4) is 0 Å². The van der Waals surface area contributed by atoms with Gasteiger partial charge in [0.2, 0.25) is 0 Å². The van der Waals surface area contributed by atoms with Crippen LogP contribution in [0.2, 0.25) is 0 Å². The third kappa shape index (κ3) is 2.75. The minimum absolute atomic E-state index is 0.437. The summed E-state index contributed by atoms with van der Waals surface area (Å²) in [4.78, 5) is 11.8. The Morgan fingerprint density at radius 3 is 1.94 bits per heavy atom. The van der Waals surface area contributed by atoms with E-state index in [1.54, 1.807) is 5.57 Å². The summed E-state index contributed by atoms with van der Waals surface area (Å²) in [6.07, 6.45) is 1.47. The Kier molecular flexibility index (Phi) is 4.35. The van der Waals surface area contributed by atoms with E-state index >= 15 is 0 Å². The highest BCUT2D eigenvalue weighted by Gasteiger charge is 2.31. The standard InChI is InChI=1S/C15H26O/c1-9(2)13-7-12(16)8-14(10(3)4)15(13)11(5)6/h9-11,13H,7-8H2,1-6H3. The quantitative estimate of drug-likeness (QED) is 0.653. The second kappa shape index (κ2) is 5.16. The van der Waals surface area contributed by atoms with Crippen molar-refractivity contribution in [3.63, 3.8) is 0 Å². The van der Waals surface area contributed by atoms with Crippen molar-refractivity contribution in [2.45, 2.75) is 54.4 Å². The summed E-state index contributed by atoms with van der Waals surface area (Å²) < 4.78 is 0. The largest absolute Gasteiger partial charge is 0.299 e. The molecule has 0 radical (unpaired) electrons. The molecule has 16 heavy (non-hydrogen) atoms. The lowest BCUT2D eigenvalue weighted by atomic mass is 9.70. The second-order valence-electron chi connectivity index (χ2n) is 6.06. The average Bonchev–Trinajstić information content (AvgIpc) is 2.15. The Morgan fingerprint density at radius 2 is 1.56 bits per heavy atom. The normalized spacial score (nSPS) is 22.8. The fourth-order valence-corrected chi connectivity index (χ4v) is 2.91. The Hall–Kier alpha value is -0.590. The number of Topliss-reactive ketones (excluding diaryl/α,β-unsaturated/α-hetero) is 1. The van der Waals surface area contributed by atoms with Gasteiger partial charge in [0.15, 0.2) is 0 Å². The molecule has 0 saturated heterocycles. The first-order valence-electron chi connectivity index (χ1n) is 6.59. The molecule has 1 aliphatic rings. The molecular weight excluding hydrogens is 196 g/mol. The second-order valence-corrected chi connectivity index (χ2v) is 6.06. The van der Waals surface area contributed by atoms with Crippen LogP contribution in [0.4, 0.5) is 0 Å². The molecule has 92 valence electrons. The molecule has 1 unspecified atom stereocenters. The van der Waals surface area contributed by atoms with E-state index in [9.17, 15) is 4.79 Å². The Labute approximate surface area is 100 Å². The molecular formula is C15H26O. The van der Waals surface area contributed by atoms with Gasteiger partial charge < -0.3 is 0 Å². The number of carbonyl (C=O) groups excluding carboxylic acids is 1. The Balaban J connectivity index is 3.19. The van der Waals surface area contributed by atoms with Crippen LogP contribution in [0, 0.1) is 23.7 Å². The van der Waals surface area contributed by atoms with E-state index in [1.165, 1.54) is 5.57 Å². The molecule has 0 spiro atoms. The summed E-state index contributed by atoms with van der Waals surface area (Å²) in [5, 5.41) is 0. The lowest BCUT2D eigenvalue weighted by Crippen LogP contribution is -2.27. The van der Waals surface area contributed by atoms with Gasteiger partial charge in [-0.25, -0.2) is 0 Å². The molecule has 0 aliphatic heterocycles. The van der Waals surface area contributed by atoms with E-state index in [1.807, 2.05) is 0 Å². The van der Waals surface area contributed by atoms with Crippen LogP contribution in [-0.2, 0) is 4.79 Å². The zero-order valence-corrected chi connectivity index (χ0v) is 11.6. The molecule has 0 bridgehead atoms. The van der Waals surface area contributed by atoms with Crippen LogP contribution in [0.5, 0.6) is 0 Å². The van der Waals surface area contributed by atoms with Crippen LogP contribution in [0.1, 0.15) is 54.4 Å². The van der Waals surface area contributed by atoms with Crippen LogP contribution in [0.3, 0.4) is 0 Å². The molecule has 1 nitrogen and oxygen atoms in total. The first-order chi connectivity index (χ1) is 7.34. The average molecular weight is 222 g/mol. The van der Waals surface area contributed by atoms with Crippen LogP contribution < -0.4 is 0 Å². The summed E-state index contributed by atoms with van der Waals surface area (Å²) in [6.45, 7) is 13.4. The number of hydrogen-bond donors (Lipinski definition) is 0. The van der Waals surface area contributed by atoms with Crippen LogP contribution in [0.25, 0.3) is 0 Å². The summed E-state index contributed by atoms with van der Waals surface area (Å²) in [6, 6.07) is 0. The molecule has 1 rings (SSSR count). The van der Waals surface area contributed by atoms with Crippen molar-refractivity contribution in [2.75, 3.05) is 0 Å². The molecule has 0 saturated carbocycles. The van der Waals surface area contributed by atoms with Crippen LogP contribution in [0.15, 0.2) is 11.1 Å². The minimum Gasteiger partial charge on any atom is -0.299 e. The van der Waals surface area contributed by atoms with E-state index in [4.69, 9.17) is 0 Å². The van der Waals surface area contributed by atoms with Crippen LogP contribution >= 0.6 is 0 Å². The molecule has 1 heteroatoms. The van der Waals surface area contributed by atoms with Crippen molar-refractivity contribution in [3.05, 3.63) is 11.1 Å². The van der Waals surface area contributed by atoms with Crippen molar-refractivity contribution < 1.29 is 4.79 Å². The highest BCUT2D eigenvalue weighted by molar-refractivity contribution is 5.83. The number of rotatable bonds is 3.